The summed E-state index contributed by atoms with van der Waals surface area (Å²) in [5.74, 6) is -0.442. The molecule has 0 aliphatic rings. The van der Waals surface area contributed by atoms with Crippen LogP contribution in [-0.4, -0.2) is 20.9 Å². The molecule has 0 saturated heterocycles. The van der Waals surface area contributed by atoms with E-state index in [-0.39, 0.29) is 28.4 Å². The Hall–Kier alpha value is -3.24. The topological polar surface area (TPSA) is 97.6 Å². The number of alkyl halides is 2. The van der Waals surface area contributed by atoms with Gasteiger partial charge in [0.05, 0.1) is 23.4 Å². The minimum Gasteiger partial charge on any atom is -0.468 e. The SMILES string of the molecule is Cc1ccc(S(=O)(=O)NCc2ccco2)cc1C(=O)Nc1ccccc1OC(F)F. The quantitative estimate of drug-likeness (QED) is 0.558. The second kappa shape index (κ2) is 9.06. The lowest BCUT2D eigenvalue weighted by Crippen LogP contribution is -2.24. The molecule has 30 heavy (non-hydrogen) atoms. The standard InChI is InChI=1S/C20H18F2N2O5S/c1-13-8-9-15(30(26,27)23-12-14-5-4-10-28-14)11-16(13)19(25)24-17-6-2-3-7-18(17)29-20(21)22/h2-11,20,23H,12H2,1H3,(H,24,25). The number of nitrogens with one attached hydrogen (secondary N) is 2. The fraction of sp³-hybridized carbons (Fsp3) is 0.150. The van der Waals surface area contributed by atoms with Crippen LogP contribution in [0.2, 0.25) is 0 Å². The number of rotatable bonds is 8. The molecule has 0 aliphatic heterocycles. The zero-order valence-electron chi connectivity index (χ0n) is 15.8. The molecule has 0 saturated carbocycles. The number of halogens is 2. The van der Waals surface area contributed by atoms with Crippen molar-refractivity contribution < 1.29 is 31.1 Å². The number of para-hydroxylation sites is 2. The second-order valence-electron chi connectivity index (χ2n) is 6.21. The minimum atomic E-state index is -3.92. The fourth-order valence-corrected chi connectivity index (χ4v) is 3.65. The van der Waals surface area contributed by atoms with Crippen molar-refractivity contribution in [1.82, 2.24) is 4.72 Å². The first-order valence-corrected chi connectivity index (χ1v) is 10.2. The molecule has 3 aromatic rings. The van der Waals surface area contributed by atoms with Crippen LogP contribution in [0.4, 0.5) is 14.5 Å². The third kappa shape index (κ3) is 5.22. The van der Waals surface area contributed by atoms with E-state index < -0.39 is 22.5 Å². The summed E-state index contributed by atoms with van der Waals surface area (Å²) in [6.45, 7) is -1.48. The van der Waals surface area contributed by atoms with E-state index in [0.29, 0.717) is 11.3 Å². The van der Waals surface area contributed by atoms with E-state index >= 15 is 0 Å². The van der Waals surface area contributed by atoms with Crippen molar-refractivity contribution >= 4 is 21.6 Å². The molecule has 0 fully saturated rings. The number of furan rings is 1. The number of ether oxygens (including phenoxy) is 1. The molecule has 1 heterocycles. The number of carbonyl (C=O) groups excluding carboxylic acids is 1. The van der Waals surface area contributed by atoms with Gasteiger partial charge in [0.15, 0.2) is 0 Å². The molecule has 158 valence electrons. The van der Waals surface area contributed by atoms with E-state index in [1.54, 1.807) is 25.1 Å². The number of hydrogen-bond acceptors (Lipinski definition) is 5. The van der Waals surface area contributed by atoms with Gasteiger partial charge >= 0.3 is 6.61 Å². The van der Waals surface area contributed by atoms with Crippen molar-refractivity contribution in [3.8, 4) is 5.75 Å². The summed E-state index contributed by atoms with van der Waals surface area (Å²) < 4.78 is 62.1. The van der Waals surface area contributed by atoms with E-state index in [1.807, 2.05) is 0 Å². The molecule has 0 unspecified atom stereocenters. The summed E-state index contributed by atoms with van der Waals surface area (Å²) in [7, 11) is -3.92. The van der Waals surface area contributed by atoms with Crippen LogP contribution in [0.15, 0.2) is 70.2 Å². The maximum atomic E-state index is 12.7. The van der Waals surface area contributed by atoms with Crippen LogP contribution in [0.1, 0.15) is 21.7 Å². The van der Waals surface area contributed by atoms with Crippen molar-refractivity contribution in [3.05, 3.63) is 77.7 Å². The first kappa shape index (κ1) is 21.5. The first-order chi connectivity index (χ1) is 14.3. The molecule has 2 N–H and O–H groups in total. The van der Waals surface area contributed by atoms with Gasteiger partial charge in [-0.25, -0.2) is 13.1 Å². The predicted molar refractivity (Wildman–Crippen MR) is 105 cm³/mol. The highest BCUT2D eigenvalue weighted by molar-refractivity contribution is 7.89. The summed E-state index contributed by atoms with van der Waals surface area (Å²) in [6, 6.07) is 13.0. The summed E-state index contributed by atoms with van der Waals surface area (Å²) in [6.07, 6.45) is 1.42. The Kier molecular flexibility index (Phi) is 6.48. The Morgan fingerprint density at radius 3 is 2.60 bits per heavy atom. The van der Waals surface area contributed by atoms with Crippen LogP contribution in [0.5, 0.6) is 5.75 Å². The number of aryl methyl sites for hydroxylation is 1. The molecule has 0 bridgehead atoms. The van der Waals surface area contributed by atoms with E-state index in [2.05, 4.69) is 14.8 Å². The zero-order chi connectivity index (χ0) is 21.7. The third-order valence-corrected chi connectivity index (χ3v) is 5.53. The highest BCUT2D eigenvalue weighted by atomic mass is 32.2. The third-order valence-electron chi connectivity index (χ3n) is 4.13. The molecule has 7 nitrogen and oxygen atoms in total. The Morgan fingerprint density at radius 2 is 1.90 bits per heavy atom. The Labute approximate surface area is 171 Å². The number of amides is 1. The monoisotopic (exact) mass is 436 g/mol. The van der Waals surface area contributed by atoms with E-state index in [0.717, 1.165) is 0 Å². The van der Waals surface area contributed by atoms with Crippen LogP contribution in [0.3, 0.4) is 0 Å². The molecular weight excluding hydrogens is 418 g/mol. The molecule has 0 spiro atoms. The van der Waals surface area contributed by atoms with Gasteiger partial charge in [0.2, 0.25) is 10.0 Å². The van der Waals surface area contributed by atoms with Crippen LogP contribution < -0.4 is 14.8 Å². The lowest BCUT2D eigenvalue weighted by Gasteiger charge is -2.13. The van der Waals surface area contributed by atoms with Crippen molar-refractivity contribution in [2.45, 2.75) is 25.0 Å². The zero-order valence-corrected chi connectivity index (χ0v) is 16.6. The van der Waals surface area contributed by atoms with Crippen molar-refractivity contribution in [3.63, 3.8) is 0 Å². The van der Waals surface area contributed by atoms with E-state index in [4.69, 9.17) is 4.42 Å². The molecular formula is C20H18F2N2O5S. The van der Waals surface area contributed by atoms with Gasteiger partial charge in [0.1, 0.15) is 11.5 Å². The van der Waals surface area contributed by atoms with Crippen LogP contribution in [0, 0.1) is 6.92 Å². The maximum Gasteiger partial charge on any atom is 0.387 e. The predicted octanol–water partition coefficient (Wildman–Crippen LogP) is 3.92. The number of sulfonamides is 1. The molecule has 1 amide bonds. The highest BCUT2D eigenvalue weighted by Crippen LogP contribution is 2.27. The smallest absolute Gasteiger partial charge is 0.387 e. The number of benzene rings is 2. The number of carbonyl (C=O) groups is 1. The van der Waals surface area contributed by atoms with Gasteiger partial charge in [-0.15, -0.1) is 0 Å². The highest BCUT2D eigenvalue weighted by Gasteiger charge is 2.19. The summed E-state index contributed by atoms with van der Waals surface area (Å²) in [4.78, 5) is 12.6. The summed E-state index contributed by atoms with van der Waals surface area (Å²) in [5.41, 5.74) is 0.610. The Balaban J connectivity index is 1.82. The van der Waals surface area contributed by atoms with E-state index in [9.17, 15) is 22.0 Å². The lowest BCUT2D eigenvalue weighted by molar-refractivity contribution is -0.0493. The van der Waals surface area contributed by atoms with Crippen molar-refractivity contribution in [2.24, 2.45) is 0 Å². The van der Waals surface area contributed by atoms with Gasteiger partial charge < -0.3 is 14.5 Å². The minimum absolute atomic E-state index is 0.0337. The Bertz CT molecular complexity index is 1130. The average molecular weight is 436 g/mol. The molecule has 0 aliphatic carbocycles. The first-order valence-electron chi connectivity index (χ1n) is 8.74. The van der Waals surface area contributed by atoms with Gasteiger partial charge in [-0.2, -0.15) is 8.78 Å². The summed E-state index contributed by atoms with van der Waals surface area (Å²) in [5, 5.41) is 2.48. The Morgan fingerprint density at radius 1 is 1.13 bits per heavy atom. The van der Waals surface area contributed by atoms with E-state index in [1.165, 1.54) is 42.7 Å². The van der Waals surface area contributed by atoms with Gasteiger partial charge in [-0.05, 0) is 48.9 Å². The number of anilines is 1. The number of hydrogen-bond donors (Lipinski definition) is 2. The van der Waals surface area contributed by atoms with Crippen LogP contribution in [0.25, 0.3) is 0 Å². The molecule has 2 aromatic carbocycles. The molecule has 0 atom stereocenters. The van der Waals surface area contributed by atoms with Crippen LogP contribution >= 0.6 is 0 Å². The molecule has 10 heteroatoms. The summed E-state index contributed by atoms with van der Waals surface area (Å²) >= 11 is 0. The van der Waals surface area contributed by atoms with Crippen molar-refractivity contribution in [1.29, 1.82) is 0 Å². The average Bonchev–Trinajstić information content (AvgIpc) is 3.21. The molecule has 3 rings (SSSR count). The van der Waals surface area contributed by atoms with Gasteiger partial charge in [-0.3, -0.25) is 4.79 Å². The maximum absolute atomic E-state index is 12.7. The largest absolute Gasteiger partial charge is 0.468 e. The van der Waals surface area contributed by atoms with Gasteiger partial charge in [-0.1, -0.05) is 18.2 Å². The molecule has 0 radical (unpaired) electrons. The molecule has 1 aromatic heterocycles. The van der Waals surface area contributed by atoms with Crippen molar-refractivity contribution in [2.75, 3.05) is 5.32 Å². The van der Waals surface area contributed by atoms with Crippen LogP contribution in [-0.2, 0) is 16.6 Å². The lowest BCUT2D eigenvalue weighted by atomic mass is 10.1. The normalized spacial score (nSPS) is 11.5. The second-order valence-corrected chi connectivity index (χ2v) is 7.98. The fourth-order valence-electron chi connectivity index (χ4n) is 2.63. The van der Waals surface area contributed by atoms with Gasteiger partial charge in [0.25, 0.3) is 5.91 Å². The van der Waals surface area contributed by atoms with Gasteiger partial charge in [0, 0.05) is 5.56 Å².